The minimum Gasteiger partial charge on any atom is -0.497 e. The lowest BCUT2D eigenvalue weighted by atomic mass is 9.96. The molecule has 0 heterocycles. The van der Waals surface area contributed by atoms with Crippen LogP contribution in [0.1, 0.15) is 24.3 Å². The van der Waals surface area contributed by atoms with E-state index in [2.05, 4.69) is 6.07 Å². The Balaban J connectivity index is 1.88. The van der Waals surface area contributed by atoms with Crippen molar-refractivity contribution in [1.82, 2.24) is 0 Å². The zero-order valence-corrected chi connectivity index (χ0v) is 13.5. The number of hydrogen-bond acceptors (Lipinski definition) is 4. The van der Waals surface area contributed by atoms with Crippen LogP contribution in [0.25, 0.3) is 0 Å². The maximum Gasteiger partial charge on any atom is 0.161 e. The lowest BCUT2D eigenvalue weighted by Crippen LogP contribution is -2.03. The van der Waals surface area contributed by atoms with E-state index in [1.807, 2.05) is 48.5 Å². The van der Waals surface area contributed by atoms with E-state index in [1.165, 1.54) is 0 Å². The molecule has 2 aromatic carbocycles. The number of nitrogens with zero attached hydrogens (tertiary/aromatic N) is 1. The fourth-order valence-corrected chi connectivity index (χ4v) is 2.37. The summed E-state index contributed by atoms with van der Waals surface area (Å²) in [5, 5.41) is 9.39. The number of ether oxygens (including phenoxy) is 3. The molecule has 1 unspecified atom stereocenters. The first kappa shape index (κ1) is 16.7. The van der Waals surface area contributed by atoms with Gasteiger partial charge < -0.3 is 14.2 Å². The molecule has 0 fully saturated rings. The molecule has 0 bridgehead atoms. The molecule has 1 atom stereocenters. The Labute approximate surface area is 137 Å². The quantitative estimate of drug-likeness (QED) is 0.687. The standard InChI is InChI=1S/C19H21NO3/c1-21-17-9-5-7-15(13-17)16(14-20)8-6-12-23-19-11-4-3-10-18(19)22-2/h3-5,7,9-11,13,16H,6,8,12H2,1-2H3. The summed E-state index contributed by atoms with van der Waals surface area (Å²) in [6, 6.07) is 17.6. The molecule has 4 heteroatoms. The van der Waals surface area contributed by atoms with E-state index in [4.69, 9.17) is 14.2 Å². The molecule has 2 aromatic rings. The van der Waals surface area contributed by atoms with E-state index in [-0.39, 0.29) is 5.92 Å². The fraction of sp³-hybridized carbons (Fsp3) is 0.316. The van der Waals surface area contributed by atoms with Crippen LogP contribution in [0, 0.1) is 11.3 Å². The van der Waals surface area contributed by atoms with Crippen molar-refractivity contribution in [3.8, 4) is 23.3 Å². The van der Waals surface area contributed by atoms with Gasteiger partial charge in [0.25, 0.3) is 0 Å². The van der Waals surface area contributed by atoms with E-state index in [9.17, 15) is 5.26 Å². The van der Waals surface area contributed by atoms with Crippen molar-refractivity contribution in [2.24, 2.45) is 0 Å². The van der Waals surface area contributed by atoms with Crippen LogP contribution in [-0.2, 0) is 0 Å². The summed E-state index contributed by atoms with van der Waals surface area (Å²) in [5.41, 5.74) is 0.976. The van der Waals surface area contributed by atoms with Gasteiger partial charge >= 0.3 is 0 Å². The van der Waals surface area contributed by atoms with Gasteiger partial charge in [-0.1, -0.05) is 24.3 Å². The molecular weight excluding hydrogens is 290 g/mol. The SMILES string of the molecule is COc1cccc(C(C#N)CCCOc2ccccc2OC)c1. The normalized spacial score (nSPS) is 11.3. The van der Waals surface area contributed by atoms with Crippen molar-refractivity contribution in [3.63, 3.8) is 0 Å². The highest BCUT2D eigenvalue weighted by Crippen LogP contribution is 2.27. The molecule has 120 valence electrons. The van der Waals surface area contributed by atoms with E-state index in [0.29, 0.717) is 6.61 Å². The van der Waals surface area contributed by atoms with Crippen LogP contribution in [-0.4, -0.2) is 20.8 Å². The molecule has 0 aliphatic heterocycles. The predicted molar refractivity (Wildman–Crippen MR) is 89.1 cm³/mol. The van der Waals surface area contributed by atoms with Crippen LogP contribution in [0.2, 0.25) is 0 Å². The highest BCUT2D eigenvalue weighted by atomic mass is 16.5. The lowest BCUT2D eigenvalue weighted by Gasteiger charge is -2.12. The maximum atomic E-state index is 9.39. The summed E-state index contributed by atoms with van der Waals surface area (Å²) in [6.07, 6.45) is 1.52. The fourth-order valence-electron chi connectivity index (χ4n) is 2.37. The Morgan fingerprint density at radius 1 is 1.00 bits per heavy atom. The summed E-state index contributed by atoms with van der Waals surface area (Å²) in [4.78, 5) is 0. The molecule has 0 radical (unpaired) electrons. The van der Waals surface area contributed by atoms with Gasteiger partial charge in [-0.2, -0.15) is 5.26 Å². The van der Waals surface area contributed by atoms with Crippen LogP contribution in [0.3, 0.4) is 0 Å². The Hall–Kier alpha value is -2.67. The van der Waals surface area contributed by atoms with Gasteiger partial charge in [-0.05, 0) is 42.7 Å². The second-order valence-corrected chi connectivity index (χ2v) is 5.10. The van der Waals surface area contributed by atoms with Crippen molar-refractivity contribution in [2.75, 3.05) is 20.8 Å². The van der Waals surface area contributed by atoms with Gasteiger partial charge in [0.2, 0.25) is 0 Å². The summed E-state index contributed by atoms with van der Waals surface area (Å²) >= 11 is 0. The molecule has 0 N–H and O–H groups in total. The highest BCUT2D eigenvalue weighted by molar-refractivity contribution is 5.39. The number of nitriles is 1. The van der Waals surface area contributed by atoms with Crippen LogP contribution >= 0.6 is 0 Å². The minimum atomic E-state index is -0.161. The zero-order chi connectivity index (χ0) is 16.5. The Kier molecular flexibility index (Phi) is 6.31. The van der Waals surface area contributed by atoms with E-state index >= 15 is 0 Å². The third-order valence-corrected chi connectivity index (χ3v) is 3.62. The molecule has 23 heavy (non-hydrogen) atoms. The van der Waals surface area contributed by atoms with Gasteiger partial charge in [-0.15, -0.1) is 0 Å². The predicted octanol–water partition coefficient (Wildman–Crippen LogP) is 4.17. The van der Waals surface area contributed by atoms with E-state index in [0.717, 1.165) is 35.7 Å². The van der Waals surface area contributed by atoms with Gasteiger partial charge in [-0.25, -0.2) is 0 Å². The molecule has 0 aliphatic carbocycles. The first-order chi connectivity index (χ1) is 11.3. The van der Waals surface area contributed by atoms with Crippen molar-refractivity contribution < 1.29 is 14.2 Å². The van der Waals surface area contributed by atoms with Crippen LogP contribution in [0.5, 0.6) is 17.2 Å². The van der Waals surface area contributed by atoms with E-state index in [1.54, 1.807) is 14.2 Å². The zero-order valence-electron chi connectivity index (χ0n) is 13.5. The summed E-state index contributed by atoms with van der Waals surface area (Å²) in [5.74, 6) is 2.06. The molecule has 0 aliphatic rings. The third-order valence-electron chi connectivity index (χ3n) is 3.62. The van der Waals surface area contributed by atoms with Gasteiger partial charge in [0.05, 0.1) is 32.8 Å². The smallest absolute Gasteiger partial charge is 0.161 e. The molecule has 0 saturated heterocycles. The number of para-hydroxylation sites is 2. The van der Waals surface area contributed by atoms with Crippen molar-refractivity contribution in [3.05, 3.63) is 54.1 Å². The molecule has 0 saturated carbocycles. The molecule has 0 spiro atoms. The van der Waals surface area contributed by atoms with Gasteiger partial charge in [0.15, 0.2) is 11.5 Å². The Morgan fingerprint density at radius 2 is 1.78 bits per heavy atom. The largest absolute Gasteiger partial charge is 0.497 e. The van der Waals surface area contributed by atoms with Crippen molar-refractivity contribution >= 4 is 0 Å². The van der Waals surface area contributed by atoms with Crippen molar-refractivity contribution in [1.29, 1.82) is 5.26 Å². The molecule has 2 rings (SSSR count). The third kappa shape index (κ3) is 4.65. The highest BCUT2D eigenvalue weighted by Gasteiger charge is 2.11. The minimum absolute atomic E-state index is 0.161. The van der Waals surface area contributed by atoms with Crippen molar-refractivity contribution in [2.45, 2.75) is 18.8 Å². The molecule has 0 aromatic heterocycles. The average molecular weight is 311 g/mol. The summed E-state index contributed by atoms with van der Waals surface area (Å²) in [7, 11) is 3.25. The second kappa shape index (κ2) is 8.70. The molecular formula is C19H21NO3. The van der Waals surface area contributed by atoms with E-state index < -0.39 is 0 Å². The molecule has 4 nitrogen and oxygen atoms in total. The second-order valence-electron chi connectivity index (χ2n) is 5.10. The number of benzene rings is 2. The average Bonchev–Trinajstić information content (AvgIpc) is 2.62. The first-order valence-corrected chi connectivity index (χ1v) is 7.58. The Morgan fingerprint density at radius 3 is 2.48 bits per heavy atom. The van der Waals surface area contributed by atoms with Crippen LogP contribution in [0.4, 0.5) is 0 Å². The van der Waals surface area contributed by atoms with Gasteiger partial charge in [0, 0.05) is 0 Å². The molecule has 0 amide bonds. The Bertz CT molecular complexity index is 664. The number of hydrogen-bond donors (Lipinski definition) is 0. The van der Waals surface area contributed by atoms with Gasteiger partial charge in [-0.3, -0.25) is 0 Å². The number of rotatable bonds is 8. The van der Waals surface area contributed by atoms with Crippen LogP contribution in [0.15, 0.2) is 48.5 Å². The maximum absolute atomic E-state index is 9.39. The van der Waals surface area contributed by atoms with Gasteiger partial charge in [0.1, 0.15) is 5.75 Å². The summed E-state index contributed by atoms with van der Waals surface area (Å²) < 4.78 is 16.2. The monoisotopic (exact) mass is 311 g/mol. The first-order valence-electron chi connectivity index (χ1n) is 7.58. The topological polar surface area (TPSA) is 51.5 Å². The number of methoxy groups -OCH3 is 2. The van der Waals surface area contributed by atoms with Crippen LogP contribution < -0.4 is 14.2 Å². The lowest BCUT2D eigenvalue weighted by molar-refractivity contribution is 0.285. The summed E-state index contributed by atoms with van der Waals surface area (Å²) in [6.45, 7) is 0.544.